The molecule has 0 unspecified atom stereocenters. The van der Waals surface area contributed by atoms with Gasteiger partial charge in [0.2, 0.25) is 0 Å². The molecule has 5 nitrogen and oxygen atoms in total. The molecule has 0 radical (unpaired) electrons. The number of thiazole rings is 1. The number of benzene rings is 3. The van der Waals surface area contributed by atoms with Crippen LogP contribution in [0.1, 0.15) is 5.56 Å². The summed E-state index contributed by atoms with van der Waals surface area (Å²) in [6, 6.07) is 18.3. The minimum Gasteiger partial charge on any atom is -0.294 e. The molecule has 4 rings (SSSR count). The highest BCUT2D eigenvalue weighted by Crippen LogP contribution is 2.25. The average molecular weight is 465 g/mol. The van der Waals surface area contributed by atoms with Gasteiger partial charge in [0.1, 0.15) is 0 Å². The van der Waals surface area contributed by atoms with Crippen LogP contribution in [0.25, 0.3) is 10.2 Å². The van der Waals surface area contributed by atoms with Crippen molar-refractivity contribution in [2.45, 2.75) is 11.4 Å². The summed E-state index contributed by atoms with van der Waals surface area (Å²) in [5, 5.41) is 1.05. The Hall–Kier alpha value is -2.32. The van der Waals surface area contributed by atoms with E-state index in [1.54, 1.807) is 41.0 Å². The van der Waals surface area contributed by atoms with Gasteiger partial charge in [-0.1, -0.05) is 52.7 Å². The van der Waals surface area contributed by atoms with Crippen molar-refractivity contribution in [2.24, 2.45) is 0 Å². The first-order chi connectivity index (χ1) is 13.8. The predicted octanol–water partition coefficient (Wildman–Crippen LogP) is 5.22. The zero-order chi connectivity index (χ0) is 20.6. The van der Waals surface area contributed by atoms with E-state index in [0.717, 1.165) is 16.9 Å². The lowest BCUT2D eigenvalue weighted by atomic mass is 10.2. The molecule has 1 aromatic heterocycles. The van der Waals surface area contributed by atoms with Gasteiger partial charge in [-0.15, -0.1) is 0 Å². The van der Waals surface area contributed by atoms with E-state index in [1.807, 2.05) is 12.1 Å². The molecule has 4 aromatic rings. The first kappa shape index (κ1) is 20.0. The molecule has 0 amide bonds. The summed E-state index contributed by atoms with van der Waals surface area (Å²) < 4.78 is 30.2. The molecule has 1 N–H and O–H groups in total. The normalized spacial score (nSPS) is 11.7. The molecule has 29 heavy (non-hydrogen) atoms. The van der Waals surface area contributed by atoms with Gasteiger partial charge in [-0.05, 0) is 54.1 Å². The zero-order valence-corrected chi connectivity index (χ0v) is 17.9. The smallest absolute Gasteiger partial charge is 0.294 e. The molecule has 0 saturated heterocycles. The summed E-state index contributed by atoms with van der Waals surface area (Å²) in [5.41, 5.74) is 1.97. The van der Waals surface area contributed by atoms with Crippen LogP contribution in [0.3, 0.4) is 0 Å². The molecule has 0 spiro atoms. The molecule has 1 heterocycles. The third-order valence-electron chi connectivity index (χ3n) is 4.28. The second-order valence-corrected chi connectivity index (χ2v) is 9.87. The van der Waals surface area contributed by atoms with Crippen molar-refractivity contribution in [2.75, 3.05) is 4.72 Å². The molecule has 148 valence electrons. The molecule has 9 heteroatoms. The van der Waals surface area contributed by atoms with E-state index in [1.165, 1.54) is 18.2 Å². The average Bonchev–Trinajstić information content (AvgIpc) is 2.98. The Kier molecular flexibility index (Phi) is 5.40. The second kappa shape index (κ2) is 7.84. The maximum Gasteiger partial charge on any atom is 0.308 e. The summed E-state index contributed by atoms with van der Waals surface area (Å²) in [6.45, 7) is 0.378. The maximum atomic E-state index is 12.7. The fourth-order valence-electron chi connectivity index (χ4n) is 2.90. The number of nitrogens with zero attached hydrogens (tertiary/aromatic N) is 1. The molecule has 0 saturated carbocycles. The quantitative estimate of drug-likeness (QED) is 0.440. The topological polar surface area (TPSA) is 68.2 Å². The summed E-state index contributed by atoms with van der Waals surface area (Å²) in [7, 11) is -3.82. The summed E-state index contributed by atoms with van der Waals surface area (Å²) in [5.74, 6) is 0. The van der Waals surface area contributed by atoms with E-state index in [9.17, 15) is 13.2 Å². The van der Waals surface area contributed by atoms with Crippen LogP contribution >= 0.6 is 34.5 Å². The van der Waals surface area contributed by atoms with Crippen LogP contribution in [0.15, 0.2) is 76.4 Å². The Labute approximate surface area is 181 Å². The number of nitrogens with one attached hydrogen (secondary N) is 1. The van der Waals surface area contributed by atoms with E-state index >= 15 is 0 Å². The van der Waals surface area contributed by atoms with E-state index in [-0.39, 0.29) is 9.77 Å². The first-order valence-corrected chi connectivity index (χ1v) is 11.5. The number of halogens is 2. The number of aromatic nitrogens is 1. The molecule has 0 aliphatic carbocycles. The SMILES string of the molecule is O=c1sc2cc(S(=O)(=O)Nc3cccc(Cl)c3)ccc2n1Cc1ccc(Cl)cc1. The first-order valence-electron chi connectivity index (χ1n) is 8.48. The van der Waals surface area contributed by atoms with Crippen LogP contribution in [0, 0.1) is 0 Å². The highest BCUT2D eigenvalue weighted by molar-refractivity contribution is 7.92. The van der Waals surface area contributed by atoms with Gasteiger partial charge >= 0.3 is 4.87 Å². The molecule has 0 atom stereocenters. The van der Waals surface area contributed by atoms with Crippen molar-refractivity contribution in [3.8, 4) is 0 Å². The van der Waals surface area contributed by atoms with Crippen molar-refractivity contribution in [1.82, 2.24) is 4.57 Å². The van der Waals surface area contributed by atoms with Gasteiger partial charge in [0.15, 0.2) is 0 Å². The highest BCUT2D eigenvalue weighted by Gasteiger charge is 2.17. The van der Waals surface area contributed by atoms with Crippen LogP contribution in [-0.4, -0.2) is 13.0 Å². The lowest BCUT2D eigenvalue weighted by Crippen LogP contribution is -2.14. The Bertz CT molecular complexity index is 1360. The molecular weight excluding hydrogens is 451 g/mol. The molecule has 0 bridgehead atoms. The van der Waals surface area contributed by atoms with Gasteiger partial charge in [0, 0.05) is 10.0 Å². The lowest BCUT2D eigenvalue weighted by molar-refractivity contribution is 0.601. The molecule has 0 aliphatic heterocycles. The largest absolute Gasteiger partial charge is 0.308 e. The van der Waals surface area contributed by atoms with Crippen molar-refractivity contribution in [1.29, 1.82) is 0 Å². The van der Waals surface area contributed by atoms with Gasteiger partial charge in [-0.2, -0.15) is 0 Å². The van der Waals surface area contributed by atoms with Crippen LogP contribution in [-0.2, 0) is 16.6 Å². The van der Waals surface area contributed by atoms with E-state index in [4.69, 9.17) is 23.2 Å². The summed E-state index contributed by atoms with van der Waals surface area (Å²) >= 11 is 12.8. The third kappa shape index (κ3) is 4.33. The number of anilines is 1. The summed E-state index contributed by atoms with van der Waals surface area (Å²) in [4.78, 5) is 12.4. The van der Waals surface area contributed by atoms with E-state index in [2.05, 4.69) is 4.72 Å². The van der Waals surface area contributed by atoms with Gasteiger partial charge in [-0.25, -0.2) is 8.42 Å². The molecule has 0 fully saturated rings. The maximum absolute atomic E-state index is 12.7. The number of hydrogen-bond acceptors (Lipinski definition) is 4. The Morgan fingerprint density at radius 1 is 0.931 bits per heavy atom. The number of fused-ring (bicyclic) bond motifs is 1. The van der Waals surface area contributed by atoms with Crippen LogP contribution in [0.4, 0.5) is 5.69 Å². The fourth-order valence-corrected chi connectivity index (χ4v) is 5.30. The lowest BCUT2D eigenvalue weighted by Gasteiger charge is -2.09. The highest BCUT2D eigenvalue weighted by atomic mass is 35.5. The van der Waals surface area contributed by atoms with E-state index < -0.39 is 10.0 Å². The fraction of sp³-hybridized carbons (Fsp3) is 0.0500. The summed E-state index contributed by atoms with van der Waals surface area (Å²) in [6.07, 6.45) is 0. The zero-order valence-electron chi connectivity index (χ0n) is 14.8. The number of hydrogen-bond donors (Lipinski definition) is 1. The van der Waals surface area contributed by atoms with Crippen LogP contribution < -0.4 is 9.60 Å². The molecule has 0 aliphatic rings. The predicted molar refractivity (Wildman–Crippen MR) is 119 cm³/mol. The van der Waals surface area contributed by atoms with Gasteiger partial charge in [0.25, 0.3) is 10.0 Å². The van der Waals surface area contributed by atoms with Crippen molar-refractivity contribution in [3.05, 3.63) is 92.0 Å². The minimum absolute atomic E-state index is 0.0740. The van der Waals surface area contributed by atoms with Crippen molar-refractivity contribution >= 4 is 60.5 Å². The molecule has 3 aromatic carbocycles. The number of rotatable bonds is 5. The van der Waals surface area contributed by atoms with Crippen LogP contribution in [0.2, 0.25) is 10.0 Å². The van der Waals surface area contributed by atoms with Crippen molar-refractivity contribution in [3.63, 3.8) is 0 Å². The Balaban J connectivity index is 1.68. The number of sulfonamides is 1. The van der Waals surface area contributed by atoms with E-state index in [0.29, 0.717) is 32.5 Å². The van der Waals surface area contributed by atoms with Gasteiger partial charge in [0.05, 0.1) is 27.3 Å². The second-order valence-electron chi connectivity index (χ2n) is 6.33. The van der Waals surface area contributed by atoms with Crippen molar-refractivity contribution < 1.29 is 8.42 Å². The van der Waals surface area contributed by atoms with Gasteiger partial charge in [-0.3, -0.25) is 14.1 Å². The standard InChI is InChI=1S/C20H14Cl2N2O3S2/c21-14-6-4-13(5-7-14)12-24-18-9-8-17(11-19(18)28-20(24)25)29(26,27)23-16-3-1-2-15(22)10-16/h1-11,23H,12H2. The monoisotopic (exact) mass is 464 g/mol. The Morgan fingerprint density at radius 2 is 1.69 bits per heavy atom. The molecular formula is C20H14Cl2N2O3S2. The Morgan fingerprint density at radius 3 is 2.41 bits per heavy atom. The third-order valence-corrected chi connectivity index (χ3v) is 7.09. The van der Waals surface area contributed by atoms with Gasteiger partial charge < -0.3 is 0 Å². The minimum atomic E-state index is -3.82. The van der Waals surface area contributed by atoms with Crippen LogP contribution in [0.5, 0.6) is 0 Å².